The van der Waals surface area contributed by atoms with Crippen molar-refractivity contribution >= 4 is 51.4 Å². The van der Waals surface area contributed by atoms with Gasteiger partial charge in [0.2, 0.25) is 11.8 Å². The summed E-state index contributed by atoms with van der Waals surface area (Å²) in [7, 11) is 0. The highest BCUT2D eigenvalue weighted by Crippen LogP contribution is 2.34. The smallest absolute Gasteiger partial charge is 0.249 e. The van der Waals surface area contributed by atoms with Crippen molar-refractivity contribution in [2.24, 2.45) is 5.41 Å². The molecule has 1 unspecified atom stereocenters. The standard InChI is InChI=1S/C32H37ClN8O3S/c33-25-16-35-28(15-24(25)27-18-45-31(39-27)36-20-32(19-34)9-13-44-14-10-32)38-23-7-11-41(12-8-23)17-21-1-3-22(4-2-21)37-26-5-6-29(42)40-30(26)43/h1-4,15-16,18,23,26,37H,5-14,17,20H2,(H,35,38)(H,36,39)(H,40,42,43). The van der Waals surface area contributed by atoms with E-state index in [2.05, 4.69) is 49.4 Å². The number of nitrogens with one attached hydrogen (secondary N) is 4. The molecule has 236 valence electrons. The Hall–Kier alpha value is -3.76. The summed E-state index contributed by atoms with van der Waals surface area (Å²) in [6, 6.07) is 12.5. The number of amides is 2. The van der Waals surface area contributed by atoms with E-state index in [-0.39, 0.29) is 17.9 Å². The fraction of sp³-hybridized carbons (Fsp3) is 0.469. The number of imide groups is 1. The van der Waals surface area contributed by atoms with Gasteiger partial charge in [-0.05, 0) is 55.9 Å². The minimum Gasteiger partial charge on any atom is -0.381 e. The van der Waals surface area contributed by atoms with Crippen molar-refractivity contribution in [1.82, 2.24) is 20.2 Å². The molecule has 0 spiro atoms. The molecule has 0 radical (unpaired) electrons. The van der Waals surface area contributed by atoms with Gasteiger partial charge in [-0.2, -0.15) is 5.26 Å². The summed E-state index contributed by atoms with van der Waals surface area (Å²) in [5, 5.41) is 25.6. The number of hydrogen-bond acceptors (Lipinski definition) is 11. The first kappa shape index (κ1) is 31.2. The fourth-order valence-corrected chi connectivity index (χ4v) is 6.88. The molecular weight excluding hydrogens is 612 g/mol. The van der Waals surface area contributed by atoms with Gasteiger partial charge in [-0.1, -0.05) is 23.7 Å². The molecule has 0 aliphatic carbocycles. The van der Waals surface area contributed by atoms with Gasteiger partial charge in [-0.15, -0.1) is 11.3 Å². The Kier molecular flexibility index (Phi) is 9.80. The zero-order valence-electron chi connectivity index (χ0n) is 25.0. The van der Waals surface area contributed by atoms with Crippen LogP contribution in [0.1, 0.15) is 44.1 Å². The predicted octanol–water partition coefficient (Wildman–Crippen LogP) is 4.88. The summed E-state index contributed by atoms with van der Waals surface area (Å²) in [6.07, 6.45) is 5.96. The van der Waals surface area contributed by atoms with Crippen molar-refractivity contribution in [2.45, 2.75) is 57.2 Å². The number of pyridine rings is 1. The van der Waals surface area contributed by atoms with Gasteiger partial charge in [0, 0.05) is 74.7 Å². The number of aromatic nitrogens is 2. The molecule has 4 N–H and O–H groups in total. The lowest BCUT2D eigenvalue weighted by Crippen LogP contribution is -2.47. The Balaban J connectivity index is 0.981. The van der Waals surface area contributed by atoms with E-state index >= 15 is 0 Å². The second-order valence-corrected chi connectivity index (χ2v) is 13.3. The van der Waals surface area contributed by atoms with Gasteiger partial charge in [0.15, 0.2) is 5.13 Å². The molecule has 6 rings (SSSR count). The van der Waals surface area contributed by atoms with E-state index < -0.39 is 5.41 Å². The normalized spacial score (nSPS) is 20.7. The van der Waals surface area contributed by atoms with Crippen molar-refractivity contribution in [3.63, 3.8) is 0 Å². The Morgan fingerprint density at radius 2 is 1.91 bits per heavy atom. The molecule has 3 aliphatic rings. The molecule has 2 amide bonds. The van der Waals surface area contributed by atoms with Crippen LogP contribution in [0.25, 0.3) is 11.3 Å². The van der Waals surface area contributed by atoms with Gasteiger partial charge in [0.1, 0.15) is 11.9 Å². The van der Waals surface area contributed by atoms with Crippen molar-refractivity contribution in [3.8, 4) is 17.3 Å². The molecule has 5 heterocycles. The van der Waals surface area contributed by atoms with Crippen molar-refractivity contribution in [1.29, 1.82) is 5.26 Å². The van der Waals surface area contributed by atoms with Crippen LogP contribution in [0.3, 0.4) is 0 Å². The minimum absolute atomic E-state index is 0.211. The van der Waals surface area contributed by atoms with Crippen LogP contribution in [0.4, 0.5) is 16.6 Å². The molecule has 1 aromatic carbocycles. The zero-order valence-corrected chi connectivity index (χ0v) is 26.6. The number of piperidine rings is 2. The van der Waals surface area contributed by atoms with Crippen LogP contribution in [0, 0.1) is 16.7 Å². The molecule has 3 saturated heterocycles. The number of carbonyl (C=O) groups excluding carboxylic acids is 2. The monoisotopic (exact) mass is 648 g/mol. The van der Waals surface area contributed by atoms with Crippen molar-refractivity contribution < 1.29 is 14.3 Å². The molecule has 3 aromatic rings. The summed E-state index contributed by atoms with van der Waals surface area (Å²) in [5.41, 5.74) is 3.27. The number of likely N-dealkylation sites (tertiary alicyclic amines) is 1. The highest BCUT2D eigenvalue weighted by atomic mass is 35.5. The number of nitriles is 1. The van der Waals surface area contributed by atoms with E-state index in [1.165, 1.54) is 16.9 Å². The van der Waals surface area contributed by atoms with Gasteiger partial charge >= 0.3 is 0 Å². The number of benzene rings is 1. The third kappa shape index (κ3) is 7.91. The first-order valence-electron chi connectivity index (χ1n) is 15.4. The minimum atomic E-state index is -0.424. The van der Waals surface area contributed by atoms with Crippen LogP contribution < -0.4 is 21.3 Å². The lowest BCUT2D eigenvalue weighted by molar-refractivity contribution is -0.133. The quantitative estimate of drug-likeness (QED) is 0.224. The van der Waals surface area contributed by atoms with Crippen molar-refractivity contribution in [2.75, 3.05) is 48.8 Å². The molecule has 13 heteroatoms. The highest BCUT2D eigenvalue weighted by molar-refractivity contribution is 7.14. The molecule has 45 heavy (non-hydrogen) atoms. The van der Waals surface area contributed by atoms with E-state index in [1.54, 1.807) is 6.20 Å². The number of halogens is 1. The molecule has 11 nitrogen and oxygen atoms in total. The van der Waals surface area contributed by atoms with Crippen molar-refractivity contribution in [3.05, 3.63) is 52.5 Å². The lowest BCUT2D eigenvalue weighted by Gasteiger charge is -2.32. The summed E-state index contributed by atoms with van der Waals surface area (Å²) in [6.45, 7) is 4.56. The van der Waals surface area contributed by atoms with Gasteiger partial charge in [0.25, 0.3) is 0 Å². The summed E-state index contributed by atoms with van der Waals surface area (Å²) >= 11 is 8.05. The Morgan fingerprint density at radius 3 is 2.64 bits per heavy atom. The molecule has 1 atom stereocenters. The van der Waals surface area contributed by atoms with Crippen LogP contribution in [-0.4, -0.2) is 71.6 Å². The summed E-state index contributed by atoms with van der Waals surface area (Å²) in [4.78, 5) is 35.2. The number of ether oxygens (including phenoxy) is 1. The molecular formula is C32H37ClN8O3S. The number of anilines is 3. The third-order valence-corrected chi connectivity index (χ3v) is 9.88. The van der Waals surface area contributed by atoms with E-state index in [9.17, 15) is 14.9 Å². The maximum atomic E-state index is 12.0. The van der Waals surface area contributed by atoms with Gasteiger partial charge in [-0.25, -0.2) is 9.97 Å². The predicted molar refractivity (Wildman–Crippen MR) is 175 cm³/mol. The number of carbonyl (C=O) groups is 2. The SMILES string of the molecule is N#CC1(CNc2nc(-c3cc(NC4CCN(Cc5ccc(NC6CCC(=O)NC6=O)cc5)CC4)ncc3Cl)cs2)CCOCC1. The van der Waals surface area contributed by atoms with Gasteiger partial charge < -0.3 is 20.7 Å². The number of nitrogens with zero attached hydrogens (tertiary/aromatic N) is 4. The largest absolute Gasteiger partial charge is 0.381 e. The molecule has 0 bridgehead atoms. The Bertz CT molecular complexity index is 1540. The van der Waals surface area contributed by atoms with Crippen LogP contribution >= 0.6 is 22.9 Å². The third-order valence-electron chi connectivity index (χ3n) is 8.78. The maximum Gasteiger partial charge on any atom is 0.249 e. The number of rotatable bonds is 10. The molecule has 0 saturated carbocycles. The van der Waals surface area contributed by atoms with Crippen LogP contribution in [0.2, 0.25) is 5.02 Å². The lowest BCUT2D eigenvalue weighted by atomic mass is 9.82. The average molecular weight is 649 g/mol. The first-order valence-corrected chi connectivity index (χ1v) is 16.7. The highest BCUT2D eigenvalue weighted by Gasteiger charge is 2.33. The molecule has 3 aliphatic heterocycles. The fourth-order valence-electron chi connectivity index (χ4n) is 5.97. The Morgan fingerprint density at radius 1 is 1.13 bits per heavy atom. The van der Waals surface area contributed by atoms with Crippen LogP contribution in [0.15, 0.2) is 41.9 Å². The van der Waals surface area contributed by atoms with Crippen LogP contribution in [0.5, 0.6) is 0 Å². The second-order valence-electron chi connectivity index (χ2n) is 12.0. The number of thiazole rings is 1. The van der Waals surface area contributed by atoms with E-state index in [4.69, 9.17) is 21.3 Å². The van der Waals surface area contributed by atoms with E-state index in [0.717, 1.165) is 73.2 Å². The molecule has 3 fully saturated rings. The molecule has 2 aromatic heterocycles. The Labute approximate surface area is 271 Å². The van der Waals surface area contributed by atoms with Gasteiger partial charge in [-0.3, -0.25) is 19.8 Å². The summed E-state index contributed by atoms with van der Waals surface area (Å²) < 4.78 is 5.44. The zero-order chi connectivity index (χ0) is 31.2. The van der Waals surface area contributed by atoms with Gasteiger partial charge in [0.05, 0.1) is 22.2 Å². The first-order chi connectivity index (χ1) is 21.9. The van der Waals surface area contributed by atoms with Crippen LogP contribution in [-0.2, 0) is 20.9 Å². The van der Waals surface area contributed by atoms with E-state index in [1.807, 2.05) is 23.6 Å². The number of hydrogen-bond donors (Lipinski definition) is 4. The van der Waals surface area contributed by atoms with E-state index in [0.29, 0.717) is 43.7 Å². The summed E-state index contributed by atoms with van der Waals surface area (Å²) in [5.74, 6) is 0.302. The maximum absolute atomic E-state index is 12.0. The second kappa shape index (κ2) is 14.1. The average Bonchev–Trinajstić information content (AvgIpc) is 3.53. The topological polar surface area (TPSA) is 144 Å².